The Labute approximate surface area is 102 Å². The monoisotopic (exact) mass is 246 g/mol. The van der Waals surface area contributed by atoms with E-state index in [2.05, 4.69) is 5.32 Å². The van der Waals surface area contributed by atoms with E-state index in [-0.39, 0.29) is 0 Å². The van der Waals surface area contributed by atoms with Crippen LogP contribution in [0.1, 0.15) is 27.2 Å². The standard InChI is InChI=1S/C11H22N2O4/c1-5-7(2)6-13(4)11(17)12-9(8(3)14)10(15)16/h7-9,14H,5-6H2,1-4H3,(H,12,17)(H,15,16). The van der Waals surface area contributed by atoms with E-state index >= 15 is 0 Å². The number of amides is 2. The second-order valence-electron chi connectivity index (χ2n) is 4.40. The van der Waals surface area contributed by atoms with Crippen molar-refractivity contribution in [3.63, 3.8) is 0 Å². The van der Waals surface area contributed by atoms with Crippen LogP contribution in [0, 0.1) is 5.92 Å². The predicted octanol–water partition coefficient (Wildman–Crippen LogP) is 0.508. The zero-order valence-corrected chi connectivity index (χ0v) is 10.8. The quantitative estimate of drug-likeness (QED) is 0.637. The second kappa shape index (κ2) is 7.11. The summed E-state index contributed by atoms with van der Waals surface area (Å²) in [5, 5.41) is 20.3. The van der Waals surface area contributed by atoms with Gasteiger partial charge in [0.2, 0.25) is 0 Å². The minimum Gasteiger partial charge on any atom is -0.480 e. The minimum absolute atomic E-state index is 0.348. The van der Waals surface area contributed by atoms with Gasteiger partial charge in [-0.25, -0.2) is 9.59 Å². The van der Waals surface area contributed by atoms with Crippen molar-refractivity contribution in [1.29, 1.82) is 0 Å². The summed E-state index contributed by atoms with van der Waals surface area (Å²) in [5.74, 6) is -0.897. The maximum absolute atomic E-state index is 11.7. The summed E-state index contributed by atoms with van der Waals surface area (Å²) in [6.07, 6.45) is -0.190. The summed E-state index contributed by atoms with van der Waals surface area (Å²) in [6, 6.07) is -1.76. The Bertz CT molecular complexity index is 268. The van der Waals surface area contributed by atoms with Crippen LogP contribution in [0.3, 0.4) is 0 Å². The van der Waals surface area contributed by atoms with E-state index in [0.717, 1.165) is 6.42 Å². The highest BCUT2D eigenvalue weighted by molar-refractivity contribution is 5.82. The van der Waals surface area contributed by atoms with Crippen molar-refractivity contribution in [3.8, 4) is 0 Å². The number of hydrogen-bond acceptors (Lipinski definition) is 3. The third kappa shape index (κ3) is 5.53. The van der Waals surface area contributed by atoms with Crippen LogP contribution in [0.25, 0.3) is 0 Å². The highest BCUT2D eigenvalue weighted by atomic mass is 16.4. The number of hydrogen-bond donors (Lipinski definition) is 3. The highest BCUT2D eigenvalue weighted by Crippen LogP contribution is 2.03. The number of nitrogens with one attached hydrogen (secondary N) is 1. The first-order valence-corrected chi connectivity index (χ1v) is 5.72. The molecule has 0 spiro atoms. The van der Waals surface area contributed by atoms with Gasteiger partial charge in [0.05, 0.1) is 6.10 Å². The fourth-order valence-electron chi connectivity index (χ4n) is 1.31. The first-order chi connectivity index (χ1) is 7.79. The molecule has 0 aliphatic heterocycles. The highest BCUT2D eigenvalue weighted by Gasteiger charge is 2.26. The Balaban J connectivity index is 4.36. The molecular formula is C11H22N2O4. The van der Waals surface area contributed by atoms with Gasteiger partial charge in [0.15, 0.2) is 6.04 Å². The third-order valence-electron chi connectivity index (χ3n) is 2.66. The first-order valence-electron chi connectivity index (χ1n) is 5.72. The van der Waals surface area contributed by atoms with Crippen molar-refractivity contribution >= 4 is 12.0 Å². The van der Waals surface area contributed by atoms with Crippen molar-refractivity contribution in [1.82, 2.24) is 10.2 Å². The number of rotatable bonds is 6. The second-order valence-corrected chi connectivity index (χ2v) is 4.40. The van der Waals surface area contributed by atoms with Crippen LogP contribution in [-0.2, 0) is 4.79 Å². The molecule has 100 valence electrons. The SMILES string of the molecule is CCC(C)CN(C)C(=O)NC(C(=O)O)C(C)O. The molecule has 0 aliphatic rings. The van der Waals surface area contributed by atoms with Gasteiger partial charge in [-0.3, -0.25) is 0 Å². The summed E-state index contributed by atoms with van der Waals surface area (Å²) < 4.78 is 0. The van der Waals surface area contributed by atoms with Gasteiger partial charge in [0.1, 0.15) is 0 Å². The molecule has 3 atom stereocenters. The number of carboxylic acids is 1. The van der Waals surface area contributed by atoms with E-state index in [9.17, 15) is 14.7 Å². The van der Waals surface area contributed by atoms with Crippen LogP contribution in [0.4, 0.5) is 4.79 Å². The molecule has 3 N–H and O–H groups in total. The van der Waals surface area contributed by atoms with Gasteiger partial charge in [-0.05, 0) is 12.8 Å². The molecule has 6 heteroatoms. The van der Waals surface area contributed by atoms with E-state index in [1.807, 2.05) is 13.8 Å². The largest absolute Gasteiger partial charge is 0.480 e. The number of aliphatic hydroxyl groups is 1. The van der Waals surface area contributed by atoms with Gasteiger partial charge >= 0.3 is 12.0 Å². The maximum Gasteiger partial charge on any atom is 0.328 e. The molecule has 0 bridgehead atoms. The van der Waals surface area contributed by atoms with Crippen molar-refractivity contribution in [3.05, 3.63) is 0 Å². The number of aliphatic hydroxyl groups excluding tert-OH is 1. The molecule has 0 aromatic heterocycles. The van der Waals surface area contributed by atoms with Gasteiger partial charge in [0, 0.05) is 13.6 Å². The fraction of sp³-hybridized carbons (Fsp3) is 0.818. The summed E-state index contributed by atoms with van der Waals surface area (Å²) in [7, 11) is 1.60. The Morgan fingerprint density at radius 1 is 1.35 bits per heavy atom. The fourth-order valence-corrected chi connectivity index (χ4v) is 1.31. The van der Waals surface area contributed by atoms with Gasteiger partial charge in [0.25, 0.3) is 0 Å². The average molecular weight is 246 g/mol. The maximum atomic E-state index is 11.7. The summed E-state index contributed by atoms with van der Waals surface area (Å²) in [5.41, 5.74) is 0. The lowest BCUT2D eigenvalue weighted by molar-refractivity contribution is -0.141. The Kier molecular flexibility index (Phi) is 6.57. The number of carboxylic acid groups (broad SMARTS) is 1. The summed E-state index contributed by atoms with van der Waals surface area (Å²) in [4.78, 5) is 23.9. The van der Waals surface area contributed by atoms with Crippen molar-refractivity contribution in [2.24, 2.45) is 5.92 Å². The molecule has 3 unspecified atom stereocenters. The van der Waals surface area contributed by atoms with Crippen LogP contribution in [0.15, 0.2) is 0 Å². The van der Waals surface area contributed by atoms with Crippen molar-refractivity contribution in [2.75, 3.05) is 13.6 Å². The molecule has 0 radical (unpaired) electrons. The van der Waals surface area contributed by atoms with Gasteiger partial charge in [-0.15, -0.1) is 0 Å². The Morgan fingerprint density at radius 3 is 2.24 bits per heavy atom. The Hall–Kier alpha value is -1.30. The lowest BCUT2D eigenvalue weighted by Crippen LogP contribution is -2.52. The molecule has 17 heavy (non-hydrogen) atoms. The number of carbonyl (C=O) groups is 2. The van der Waals surface area contributed by atoms with Crippen LogP contribution in [0.2, 0.25) is 0 Å². The van der Waals surface area contributed by atoms with Crippen LogP contribution < -0.4 is 5.32 Å². The number of nitrogens with zero attached hydrogens (tertiary/aromatic N) is 1. The topological polar surface area (TPSA) is 89.9 Å². The van der Waals surface area contributed by atoms with Gasteiger partial charge < -0.3 is 20.4 Å². The zero-order valence-electron chi connectivity index (χ0n) is 10.8. The van der Waals surface area contributed by atoms with E-state index in [1.165, 1.54) is 11.8 Å². The predicted molar refractivity (Wildman–Crippen MR) is 63.7 cm³/mol. The van der Waals surface area contributed by atoms with Gasteiger partial charge in [-0.1, -0.05) is 20.3 Å². The van der Waals surface area contributed by atoms with Gasteiger partial charge in [-0.2, -0.15) is 0 Å². The van der Waals surface area contributed by atoms with Crippen molar-refractivity contribution in [2.45, 2.75) is 39.3 Å². The first kappa shape index (κ1) is 15.7. The molecule has 0 fully saturated rings. The minimum atomic E-state index is -1.28. The number of urea groups is 1. The number of carbonyl (C=O) groups excluding carboxylic acids is 1. The molecule has 0 aromatic rings. The van der Waals surface area contributed by atoms with E-state index < -0.39 is 24.1 Å². The smallest absolute Gasteiger partial charge is 0.328 e. The Morgan fingerprint density at radius 2 is 1.88 bits per heavy atom. The molecular weight excluding hydrogens is 224 g/mol. The number of aliphatic carboxylic acids is 1. The normalized spacial score (nSPS) is 15.8. The summed E-state index contributed by atoms with van der Waals surface area (Å²) >= 11 is 0. The van der Waals surface area contributed by atoms with Crippen LogP contribution >= 0.6 is 0 Å². The van der Waals surface area contributed by atoms with Crippen LogP contribution in [-0.4, -0.2) is 52.9 Å². The van der Waals surface area contributed by atoms with E-state index in [0.29, 0.717) is 12.5 Å². The molecule has 0 saturated heterocycles. The zero-order chi connectivity index (χ0) is 13.6. The molecule has 0 rings (SSSR count). The molecule has 6 nitrogen and oxygen atoms in total. The average Bonchev–Trinajstić information content (AvgIpc) is 2.23. The lowest BCUT2D eigenvalue weighted by Gasteiger charge is -2.24. The van der Waals surface area contributed by atoms with Crippen molar-refractivity contribution < 1.29 is 19.8 Å². The molecule has 0 saturated carbocycles. The molecule has 2 amide bonds. The lowest BCUT2D eigenvalue weighted by atomic mass is 10.1. The third-order valence-corrected chi connectivity index (χ3v) is 2.66. The van der Waals surface area contributed by atoms with E-state index in [1.54, 1.807) is 7.05 Å². The molecule has 0 aromatic carbocycles. The van der Waals surface area contributed by atoms with Crippen LogP contribution in [0.5, 0.6) is 0 Å². The van der Waals surface area contributed by atoms with E-state index in [4.69, 9.17) is 5.11 Å². The molecule has 0 aliphatic carbocycles. The summed E-state index contributed by atoms with van der Waals surface area (Å²) in [6.45, 7) is 5.90. The molecule has 0 heterocycles.